The van der Waals surface area contributed by atoms with Crippen molar-refractivity contribution in [3.8, 4) is 22.6 Å². The monoisotopic (exact) mass is 516 g/mol. The van der Waals surface area contributed by atoms with Crippen LogP contribution < -0.4 is 9.47 Å². The van der Waals surface area contributed by atoms with E-state index in [0.29, 0.717) is 0 Å². The highest BCUT2D eigenvalue weighted by atomic mass is 16.6. The van der Waals surface area contributed by atoms with Crippen LogP contribution in [0.5, 0.6) is 11.5 Å². The van der Waals surface area contributed by atoms with Crippen molar-refractivity contribution >= 4 is 5.57 Å². The van der Waals surface area contributed by atoms with Crippen LogP contribution in [0, 0.1) is 6.92 Å². The van der Waals surface area contributed by atoms with Gasteiger partial charge in [0, 0.05) is 11.1 Å². The maximum atomic E-state index is 7.08. The van der Waals surface area contributed by atoms with E-state index in [-0.39, 0.29) is 12.2 Å². The summed E-state index contributed by atoms with van der Waals surface area (Å²) >= 11 is 0. The van der Waals surface area contributed by atoms with E-state index in [1.54, 1.807) is 0 Å². The first-order chi connectivity index (χ1) is 19.8. The molecule has 2 unspecified atom stereocenters. The van der Waals surface area contributed by atoms with E-state index in [4.69, 9.17) is 9.47 Å². The van der Waals surface area contributed by atoms with Crippen molar-refractivity contribution < 1.29 is 9.47 Å². The lowest BCUT2D eigenvalue weighted by atomic mass is 9.68. The third kappa shape index (κ3) is 3.17. The van der Waals surface area contributed by atoms with E-state index in [9.17, 15) is 0 Å². The second kappa shape index (κ2) is 8.86. The molecule has 0 fully saturated rings. The Balaban J connectivity index is 1.38. The fraction of sp³-hybridized carbons (Fsp3) is 0.105. The minimum atomic E-state index is -0.467. The minimum absolute atomic E-state index is 0.185. The molecule has 2 nitrogen and oxygen atoms in total. The third-order valence-corrected chi connectivity index (χ3v) is 8.69. The highest BCUT2D eigenvalue weighted by Gasteiger charge is 2.49. The van der Waals surface area contributed by atoms with Crippen LogP contribution in [0.4, 0.5) is 0 Å². The number of aryl methyl sites for hydroxylation is 1. The van der Waals surface area contributed by atoms with Gasteiger partial charge in [0.05, 0.1) is 5.41 Å². The first-order valence-electron chi connectivity index (χ1n) is 13.9. The molecule has 1 heterocycles. The molecule has 0 saturated carbocycles. The summed E-state index contributed by atoms with van der Waals surface area (Å²) in [6.07, 6.45) is 5.95. The maximum Gasteiger partial charge on any atom is 0.170 e. The summed E-state index contributed by atoms with van der Waals surface area (Å²) in [4.78, 5) is 0. The van der Waals surface area contributed by atoms with E-state index in [1.807, 2.05) is 0 Å². The lowest BCUT2D eigenvalue weighted by Gasteiger charge is -2.38. The molecule has 5 aromatic rings. The average Bonchev–Trinajstić information content (AvgIpc) is 3.32. The third-order valence-electron chi connectivity index (χ3n) is 8.69. The zero-order valence-corrected chi connectivity index (χ0v) is 22.3. The summed E-state index contributed by atoms with van der Waals surface area (Å²) < 4.78 is 13.8. The summed E-state index contributed by atoms with van der Waals surface area (Å²) in [6, 6.07) is 43.4. The molecular formula is C38H28O2. The van der Waals surface area contributed by atoms with Gasteiger partial charge in [0.2, 0.25) is 0 Å². The Labute approximate surface area is 234 Å². The van der Waals surface area contributed by atoms with Gasteiger partial charge < -0.3 is 9.47 Å². The van der Waals surface area contributed by atoms with Gasteiger partial charge in [0.15, 0.2) is 23.7 Å². The van der Waals surface area contributed by atoms with Gasteiger partial charge in [0.1, 0.15) is 0 Å². The normalized spacial score (nSPS) is 19.3. The molecule has 0 spiro atoms. The smallest absolute Gasteiger partial charge is 0.170 e. The summed E-state index contributed by atoms with van der Waals surface area (Å²) in [6.45, 7) is 2.16. The largest absolute Gasteiger partial charge is 0.478 e. The zero-order valence-electron chi connectivity index (χ0n) is 22.3. The van der Waals surface area contributed by atoms with E-state index in [2.05, 4.69) is 146 Å². The number of ether oxygens (including phenoxy) is 2. The van der Waals surface area contributed by atoms with Gasteiger partial charge in [-0.3, -0.25) is 0 Å². The van der Waals surface area contributed by atoms with E-state index in [1.165, 1.54) is 38.9 Å². The van der Waals surface area contributed by atoms with Crippen LogP contribution in [-0.4, -0.2) is 12.2 Å². The zero-order chi connectivity index (χ0) is 26.7. The average molecular weight is 517 g/mol. The standard InChI is InChI=1S/C38H28O2/c1-25-13-8-9-18-28(25)29-20-12-22-33-36(29)40-37-34(39-33)24-23-32-35(37)30-19-10-11-21-31(30)38(32,26-14-4-2-5-15-26)27-16-6-3-7-17-27/h2-24,33,36H,1H3. The lowest BCUT2D eigenvalue weighted by molar-refractivity contribution is 0.0821. The van der Waals surface area contributed by atoms with E-state index >= 15 is 0 Å². The van der Waals surface area contributed by atoms with Gasteiger partial charge in [-0.05, 0) is 58.0 Å². The summed E-state index contributed by atoms with van der Waals surface area (Å²) in [5, 5.41) is 0. The lowest BCUT2D eigenvalue weighted by Crippen LogP contribution is -2.41. The number of hydrogen-bond acceptors (Lipinski definition) is 2. The molecule has 2 heteroatoms. The van der Waals surface area contributed by atoms with Gasteiger partial charge in [0.25, 0.3) is 0 Å². The molecule has 192 valence electrons. The molecule has 0 radical (unpaired) electrons. The predicted octanol–water partition coefficient (Wildman–Crippen LogP) is 8.52. The maximum absolute atomic E-state index is 7.08. The SMILES string of the molecule is Cc1ccccc1C1=CC=CC2Oc3ccc4c(c3OC12)-c1ccccc1C4(c1ccccc1)c1ccccc1. The van der Waals surface area contributed by atoms with Gasteiger partial charge >= 0.3 is 0 Å². The van der Waals surface area contributed by atoms with Crippen molar-refractivity contribution in [2.24, 2.45) is 0 Å². The summed E-state index contributed by atoms with van der Waals surface area (Å²) in [7, 11) is 0. The topological polar surface area (TPSA) is 18.5 Å². The number of hydrogen-bond donors (Lipinski definition) is 0. The van der Waals surface area contributed by atoms with Crippen molar-refractivity contribution in [1.82, 2.24) is 0 Å². The number of benzene rings is 5. The molecule has 1 aliphatic heterocycles. The summed E-state index contributed by atoms with van der Waals surface area (Å²) in [5.41, 5.74) is 10.4. The molecule has 0 bridgehead atoms. The Hall–Kier alpha value is -4.82. The molecule has 3 aliphatic rings. The van der Waals surface area contributed by atoms with Crippen LogP contribution in [0.3, 0.4) is 0 Å². The van der Waals surface area contributed by atoms with Crippen LogP contribution in [-0.2, 0) is 5.41 Å². The van der Waals surface area contributed by atoms with Gasteiger partial charge in [-0.2, -0.15) is 0 Å². The van der Waals surface area contributed by atoms with Crippen molar-refractivity contribution in [3.63, 3.8) is 0 Å². The van der Waals surface area contributed by atoms with Gasteiger partial charge in [-0.25, -0.2) is 0 Å². The number of allylic oxidation sites excluding steroid dienone is 2. The predicted molar refractivity (Wildman–Crippen MR) is 161 cm³/mol. The van der Waals surface area contributed by atoms with Crippen LogP contribution in [0.15, 0.2) is 140 Å². The quantitative estimate of drug-likeness (QED) is 0.235. The van der Waals surface area contributed by atoms with Crippen molar-refractivity contribution in [3.05, 3.63) is 173 Å². The molecule has 2 aliphatic carbocycles. The van der Waals surface area contributed by atoms with Crippen LogP contribution in [0.1, 0.15) is 33.4 Å². The molecule has 5 aromatic carbocycles. The second-order valence-electron chi connectivity index (χ2n) is 10.8. The molecule has 8 rings (SSSR count). The van der Waals surface area contributed by atoms with Crippen LogP contribution in [0.25, 0.3) is 16.7 Å². The van der Waals surface area contributed by atoms with Crippen molar-refractivity contribution in [2.45, 2.75) is 24.5 Å². The summed E-state index contributed by atoms with van der Waals surface area (Å²) in [5.74, 6) is 1.62. The number of fused-ring (bicyclic) bond motifs is 6. The van der Waals surface area contributed by atoms with Crippen LogP contribution in [0.2, 0.25) is 0 Å². The minimum Gasteiger partial charge on any atom is -0.478 e. The Morgan fingerprint density at radius 2 is 1.25 bits per heavy atom. The fourth-order valence-corrected chi connectivity index (χ4v) is 6.98. The van der Waals surface area contributed by atoms with E-state index < -0.39 is 5.41 Å². The Kier molecular flexibility index (Phi) is 5.12. The highest BCUT2D eigenvalue weighted by molar-refractivity contribution is 5.91. The molecule has 0 saturated heterocycles. The molecule has 0 aromatic heterocycles. The first kappa shape index (κ1) is 23.1. The fourth-order valence-electron chi connectivity index (χ4n) is 6.98. The van der Waals surface area contributed by atoms with Crippen molar-refractivity contribution in [2.75, 3.05) is 0 Å². The molecular weight excluding hydrogens is 488 g/mol. The molecule has 40 heavy (non-hydrogen) atoms. The van der Waals surface area contributed by atoms with Crippen LogP contribution >= 0.6 is 0 Å². The molecule has 0 N–H and O–H groups in total. The Morgan fingerprint density at radius 3 is 1.98 bits per heavy atom. The Morgan fingerprint density at radius 1 is 0.600 bits per heavy atom. The van der Waals surface area contributed by atoms with Gasteiger partial charge in [-0.15, -0.1) is 0 Å². The first-order valence-corrected chi connectivity index (χ1v) is 13.9. The Bertz CT molecular complexity index is 1770. The number of rotatable bonds is 3. The molecule has 2 atom stereocenters. The van der Waals surface area contributed by atoms with E-state index in [0.717, 1.165) is 22.6 Å². The highest BCUT2D eigenvalue weighted by Crippen LogP contribution is 2.61. The van der Waals surface area contributed by atoms with Crippen molar-refractivity contribution in [1.29, 1.82) is 0 Å². The van der Waals surface area contributed by atoms with Gasteiger partial charge in [-0.1, -0.05) is 127 Å². The second-order valence-corrected chi connectivity index (χ2v) is 10.8. The molecule has 0 amide bonds.